The predicted octanol–water partition coefficient (Wildman–Crippen LogP) is 11.1. The fraction of sp³-hybridized carbons (Fsp3) is 0.333. The topological polar surface area (TPSA) is 55.4 Å². The van der Waals surface area contributed by atoms with Crippen LogP contribution < -0.4 is 18.9 Å². The molecule has 7 heteroatoms. The van der Waals surface area contributed by atoms with Crippen LogP contribution in [-0.4, -0.2) is 56.9 Å². The molecule has 6 nitrogen and oxygen atoms in total. The molecule has 0 atom stereocenters. The summed E-state index contributed by atoms with van der Waals surface area (Å²) in [5.41, 5.74) is 0. The van der Waals surface area contributed by atoms with Gasteiger partial charge in [-0.3, -0.25) is 0 Å². The molecule has 0 amide bonds. The normalized spacial score (nSPS) is 7.80. The Kier molecular flexibility index (Phi) is 52.4. The third-order valence-corrected chi connectivity index (χ3v) is 4.80. The molecular formula is C42H62O6Y-2. The average Bonchev–Trinajstić information content (AvgIpc) is 3.19. The number of hydrogen-bond acceptors (Lipinski definition) is 6. The fourth-order valence-electron chi connectivity index (χ4n) is 2.86. The second-order valence-electron chi connectivity index (χ2n) is 7.92. The maximum absolute atomic E-state index is 4.96. The zero-order valence-corrected chi connectivity index (χ0v) is 35.4. The molecule has 0 aliphatic carbocycles. The van der Waals surface area contributed by atoms with E-state index in [-0.39, 0.29) is 32.7 Å². The summed E-state index contributed by atoms with van der Waals surface area (Å²) in [6.07, 6.45) is 0. The van der Waals surface area contributed by atoms with Gasteiger partial charge in [-0.1, -0.05) is 90.1 Å². The average molecular weight is 752 g/mol. The molecule has 5 aromatic carbocycles. The third-order valence-electron chi connectivity index (χ3n) is 4.80. The molecule has 49 heavy (non-hydrogen) atoms. The Morgan fingerprint density at radius 3 is 0.673 bits per heavy atom. The van der Waals surface area contributed by atoms with Crippen LogP contribution >= 0.6 is 0 Å². The molecule has 0 N–H and O–H groups in total. The summed E-state index contributed by atoms with van der Waals surface area (Å²) in [6, 6.07) is 44.6. The van der Waals surface area contributed by atoms with Crippen LogP contribution in [0, 0.1) is 12.1 Å². The molecule has 0 saturated carbocycles. The van der Waals surface area contributed by atoms with E-state index in [1.807, 2.05) is 114 Å². The Hall–Kier alpha value is -3.42. The number of methoxy groups -OCH3 is 6. The Balaban J connectivity index is -0.000000158. The first-order valence-electron chi connectivity index (χ1n) is 16.0. The summed E-state index contributed by atoms with van der Waals surface area (Å²) in [5.74, 6) is 3.45. The minimum Gasteiger partial charge on any atom is -0.522 e. The van der Waals surface area contributed by atoms with Gasteiger partial charge in [0.05, 0.1) is 28.4 Å². The molecule has 0 heterocycles. The van der Waals surface area contributed by atoms with Crippen LogP contribution in [0.25, 0.3) is 10.8 Å². The van der Waals surface area contributed by atoms with E-state index in [9.17, 15) is 0 Å². The second kappa shape index (κ2) is 46.7. The monoisotopic (exact) mass is 751 g/mol. The number of fused-ring (bicyclic) bond motifs is 1. The number of rotatable bonds is 4. The van der Waals surface area contributed by atoms with E-state index in [0.29, 0.717) is 0 Å². The maximum atomic E-state index is 4.96. The molecule has 0 aliphatic heterocycles. The van der Waals surface area contributed by atoms with E-state index >= 15 is 0 Å². The van der Waals surface area contributed by atoms with E-state index in [4.69, 9.17) is 18.9 Å². The molecule has 0 spiro atoms. The second-order valence-corrected chi connectivity index (χ2v) is 7.92. The Morgan fingerprint density at radius 1 is 0.327 bits per heavy atom. The number of benzene rings is 5. The van der Waals surface area contributed by atoms with E-state index in [1.165, 1.54) is 10.8 Å². The van der Waals surface area contributed by atoms with Crippen molar-refractivity contribution in [2.75, 3.05) is 56.9 Å². The molecule has 271 valence electrons. The summed E-state index contributed by atoms with van der Waals surface area (Å²) in [7, 11) is 13.1. The van der Waals surface area contributed by atoms with Crippen molar-refractivity contribution in [3.05, 3.63) is 133 Å². The predicted molar refractivity (Wildman–Crippen MR) is 207 cm³/mol. The molecule has 0 bridgehead atoms. The molecule has 0 aromatic heterocycles. The molecule has 0 unspecified atom stereocenters. The molecule has 0 fully saturated rings. The molecule has 5 aromatic rings. The van der Waals surface area contributed by atoms with E-state index in [2.05, 4.69) is 70.1 Å². The first-order valence-corrected chi connectivity index (χ1v) is 16.0. The van der Waals surface area contributed by atoms with Gasteiger partial charge >= 0.3 is 0 Å². The summed E-state index contributed by atoms with van der Waals surface area (Å²) in [5, 5.41) is 2.62. The van der Waals surface area contributed by atoms with Crippen LogP contribution in [0.3, 0.4) is 0 Å². The van der Waals surface area contributed by atoms with Gasteiger partial charge in [-0.15, -0.1) is 24.3 Å². The van der Waals surface area contributed by atoms with E-state index in [0.717, 1.165) is 23.0 Å². The Morgan fingerprint density at radius 2 is 0.510 bits per heavy atom. The third kappa shape index (κ3) is 34.3. The van der Waals surface area contributed by atoms with Crippen LogP contribution in [0.4, 0.5) is 0 Å². The van der Waals surface area contributed by atoms with Gasteiger partial charge in [-0.25, -0.2) is 0 Å². The van der Waals surface area contributed by atoms with Gasteiger partial charge in [0.15, 0.2) is 0 Å². The van der Waals surface area contributed by atoms with Crippen molar-refractivity contribution in [3.8, 4) is 23.0 Å². The van der Waals surface area contributed by atoms with Crippen LogP contribution in [0.2, 0.25) is 0 Å². The fourth-order valence-corrected chi connectivity index (χ4v) is 2.86. The van der Waals surface area contributed by atoms with Crippen molar-refractivity contribution < 1.29 is 61.1 Å². The van der Waals surface area contributed by atoms with Gasteiger partial charge in [0.25, 0.3) is 0 Å². The first kappa shape index (κ1) is 55.0. The minimum absolute atomic E-state index is 0. The molecular weight excluding hydrogens is 689 g/mol. The van der Waals surface area contributed by atoms with Gasteiger partial charge < -0.3 is 28.4 Å². The van der Waals surface area contributed by atoms with Crippen LogP contribution in [0.15, 0.2) is 121 Å². The van der Waals surface area contributed by atoms with Crippen molar-refractivity contribution >= 4 is 10.8 Å². The summed E-state index contributed by atoms with van der Waals surface area (Å²) in [4.78, 5) is 0. The number of ether oxygens (including phenoxy) is 6. The molecule has 5 rings (SSSR count). The zero-order valence-electron chi connectivity index (χ0n) is 32.6. The molecule has 0 saturated heterocycles. The van der Waals surface area contributed by atoms with Crippen LogP contribution in [0.1, 0.15) is 41.5 Å². The Bertz CT molecular complexity index is 1120. The van der Waals surface area contributed by atoms with Gasteiger partial charge in [0.2, 0.25) is 0 Å². The standard InChI is InChI=1S/C10H8.C8H10O2.2C7H7O.2C2H6O.3C2H6.Y/c1-2-6-10-8-4-3-7-9(10)5-1;1-9-7-3-5-8(10-2)6-4-7;2*1-8-7-5-3-2-4-6-7;2*1-3-2;3*1-2;/h1-8H;3-6H,1-2H3;2*3-6H,1H3;2*1-2H3;3*1-2H3;/q;;2*-1;;;;;;. The number of hydrogen-bond donors (Lipinski definition) is 0. The van der Waals surface area contributed by atoms with Crippen molar-refractivity contribution in [1.29, 1.82) is 0 Å². The van der Waals surface area contributed by atoms with Crippen molar-refractivity contribution in [1.82, 2.24) is 0 Å². The van der Waals surface area contributed by atoms with E-state index in [1.54, 1.807) is 56.9 Å². The van der Waals surface area contributed by atoms with Gasteiger partial charge in [-0.05, 0) is 35.0 Å². The van der Waals surface area contributed by atoms with Crippen molar-refractivity contribution in [2.45, 2.75) is 41.5 Å². The van der Waals surface area contributed by atoms with Crippen molar-refractivity contribution in [3.63, 3.8) is 0 Å². The maximum Gasteiger partial charge on any atom is 0.119 e. The summed E-state index contributed by atoms with van der Waals surface area (Å²) >= 11 is 0. The Labute approximate surface area is 325 Å². The van der Waals surface area contributed by atoms with Crippen LogP contribution in [0.5, 0.6) is 23.0 Å². The first-order chi connectivity index (χ1) is 23.5. The molecule has 0 aliphatic rings. The minimum atomic E-state index is 0. The molecule has 1 radical (unpaired) electrons. The van der Waals surface area contributed by atoms with Gasteiger partial charge in [-0.2, -0.15) is 36.4 Å². The SMILES string of the molecule is CC.CC.CC.COC.COC.COc1cc[c-]cc1.COc1cc[c-]cc1.COc1ccc(OC)cc1.[Y].c1ccc2ccccc2c1. The smallest absolute Gasteiger partial charge is 0.119 e. The largest absolute Gasteiger partial charge is 0.522 e. The van der Waals surface area contributed by atoms with Crippen molar-refractivity contribution in [2.24, 2.45) is 0 Å². The zero-order chi connectivity index (χ0) is 37.3. The van der Waals surface area contributed by atoms with Gasteiger partial charge in [0.1, 0.15) is 11.5 Å². The summed E-state index contributed by atoms with van der Waals surface area (Å²) < 4.78 is 28.2. The van der Waals surface area contributed by atoms with Gasteiger partial charge in [0, 0.05) is 72.6 Å². The quantitative estimate of drug-likeness (QED) is 0.171. The summed E-state index contributed by atoms with van der Waals surface area (Å²) in [6.45, 7) is 12.0. The van der Waals surface area contributed by atoms with Crippen LogP contribution in [-0.2, 0) is 42.2 Å². The van der Waals surface area contributed by atoms with E-state index < -0.39 is 0 Å².